The topological polar surface area (TPSA) is 9.23 Å². The van der Waals surface area contributed by atoms with Crippen molar-refractivity contribution in [3.05, 3.63) is 23.2 Å². The van der Waals surface area contributed by atoms with Crippen LogP contribution in [-0.4, -0.2) is 14.9 Å². The normalized spacial score (nSPS) is 13.5. The molecule has 0 aliphatic rings. The Kier molecular flexibility index (Phi) is 12.6. The molecule has 0 saturated heterocycles. The van der Waals surface area contributed by atoms with Crippen LogP contribution in [0.25, 0.3) is 0 Å². The zero-order chi connectivity index (χ0) is 16.9. The van der Waals surface area contributed by atoms with Crippen molar-refractivity contribution in [2.45, 2.75) is 90.3 Å². The molecule has 0 spiro atoms. The van der Waals surface area contributed by atoms with Gasteiger partial charge in [0.15, 0.2) is 8.32 Å². The van der Waals surface area contributed by atoms with Crippen molar-refractivity contribution in [3.63, 3.8) is 0 Å². The van der Waals surface area contributed by atoms with E-state index in [0.717, 1.165) is 6.61 Å². The first-order chi connectivity index (χ1) is 10.3. The maximum Gasteiger partial charge on any atom is 0.191 e. The van der Waals surface area contributed by atoms with E-state index < -0.39 is 8.32 Å². The van der Waals surface area contributed by atoms with Gasteiger partial charge in [-0.25, -0.2) is 0 Å². The summed E-state index contributed by atoms with van der Waals surface area (Å²) in [6.45, 7) is 12.6. The van der Waals surface area contributed by atoms with Gasteiger partial charge >= 0.3 is 0 Å². The summed E-state index contributed by atoms with van der Waals surface area (Å²) in [6.07, 6.45) is 16.9. The molecule has 0 saturated carbocycles. The third-order valence-electron chi connectivity index (χ3n) is 4.60. The van der Waals surface area contributed by atoms with Crippen molar-refractivity contribution >= 4 is 24.2 Å². The highest BCUT2D eigenvalue weighted by atomic mass is 79.9. The Morgan fingerprint density at radius 2 is 1.41 bits per heavy atom. The fourth-order valence-electron chi connectivity index (χ4n) is 2.01. The van der Waals surface area contributed by atoms with E-state index in [1.54, 1.807) is 0 Å². The highest BCUT2D eigenvalue weighted by Crippen LogP contribution is 2.36. The van der Waals surface area contributed by atoms with Crippen LogP contribution in [-0.2, 0) is 4.43 Å². The molecule has 0 amide bonds. The number of unbranched alkanes of at least 4 members (excludes halogenated alkanes) is 7. The van der Waals surface area contributed by atoms with Gasteiger partial charge in [0.05, 0.1) is 0 Å². The van der Waals surface area contributed by atoms with Crippen LogP contribution in [0, 0.1) is 0 Å². The fourth-order valence-corrected chi connectivity index (χ4v) is 3.27. The maximum atomic E-state index is 6.21. The summed E-state index contributed by atoms with van der Waals surface area (Å²) < 4.78 is 6.21. The molecule has 0 heterocycles. The maximum absolute atomic E-state index is 6.21. The molecule has 0 aliphatic carbocycles. The quantitative estimate of drug-likeness (QED) is 0.190. The zero-order valence-electron chi connectivity index (χ0n) is 15.5. The third-order valence-corrected chi connectivity index (χ3v) is 9.45. The summed E-state index contributed by atoms with van der Waals surface area (Å²) in [5.74, 6) is 0. The van der Waals surface area contributed by atoms with E-state index in [1.165, 1.54) is 51.4 Å². The molecule has 3 heteroatoms. The third kappa shape index (κ3) is 11.7. The molecule has 0 fully saturated rings. The van der Waals surface area contributed by atoms with Gasteiger partial charge < -0.3 is 4.43 Å². The molecule has 22 heavy (non-hydrogen) atoms. The lowest BCUT2D eigenvalue weighted by Crippen LogP contribution is -2.40. The second-order valence-electron chi connectivity index (χ2n) is 7.62. The van der Waals surface area contributed by atoms with Crippen LogP contribution in [0.5, 0.6) is 0 Å². The van der Waals surface area contributed by atoms with Crippen LogP contribution in [0.3, 0.4) is 0 Å². The molecule has 1 nitrogen and oxygen atoms in total. The Balaban J connectivity index is 3.38. The minimum Gasteiger partial charge on any atom is -0.417 e. The molecule has 0 N–H and O–H groups in total. The molecular formula is C19H37BrOSi. The van der Waals surface area contributed by atoms with Crippen LogP contribution < -0.4 is 0 Å². The standard InChI is InChI=1S/C19H37BrOSi/c1-19(2,3)22(4,5)21-18-16-14-12-10-8-6-7-9-11-13-15-17-20/h11,13,15,17H,6-10,12,14,16,18H2,1-5H3/b13-11+,17-15-. The van der Waals surface area contributed by atoms with Crippen molar-refractivity contribution in [3.8, 4) is 0 Å². The monoisotopic (exact) mass is 388 g/mol. The SMILES string of the molecule is CC(C)(C)[Si](C)(C)OCCCCCCCCC/C=C/C=C\Br. The fraction of sp³-hybridized carbons (Fsp3) is 0.789. The van der Waals surface area contributed by atoms with E-state index in [9.17, 15) is 0 Å². The minimum absolute atomic E-state index is 0.339. The van der Waals surface area contributed by atoms with Crippen LogP contribution in [0.2, 0.25) is 18.1 Å². The number of halogens is 1. The van der Waals surface area contributed by atoms with Gasteiger partial charge in [0, 0.05) is 6.61 Å². The molecule has 0 aliphatic heterocycles. The summed E-state index contributed by atoms with van der Waals surface area (Å²) in [4.78, 5) is 1.89. The average Bonchev–Trinajstić information content (AvgIpc) is 2.42. The van der Waals surface area contributed by atoms with Gasteiger partial charge in [0.25, 0.3) is 0 Å². The van der Waals surface area contributed by atoms with E-state index >= 15 is 0 Å². The van der Waals surface area contributed by atoms with Gasteiger partial charge in [0.2, 0.25) is 0 Å². The van der Waals surface area contributed by atoms with E-state index in [2.05, 4.69) is 61.9 Å². The molecule has 0 unspecified atom stereocenters. The molecule has 0 atom stereocenters. The second-order valence-corrected chi connectivity index (χ2v) is 13.0. The number of rotatable bonds is 12. The summed E-state index contributed by atoms with van der Waals surface area (Å²) in [7, 11) is -1.52. The second kappa shape index (κ2) is 12.5. The van der Waals surface area contributed by atoms with Gasteiger partial charge in [0.1, 0.15) is 0 Å². The van der Waals surface area contributed by atoms with Crippen molar-refractivity contribution < 1.29 is 4.43 Å². The van der Waals surface area contributed by atoms with E-state index in [1.807, 2.05) is 11.1 Å². The predicted octanol–water partition coefficient (Wildman–Crippen LogP) is 7.59. The van der Waals surface area contributed by atoms with Gasteiger partial charge in [-0.2, -0.15) is 0 Å². The smallest absolute Gasteiger partial charge is 0.191 e. The number of hydrogen-bond acceptors (Lipinski definition) is 1. The van der Waals surface area contributed by atoms with E-state index in [0.29, 0.717) is 5.04 Å². The van der Waals surface area contributed by atoms with Crippen LogP contribution in [0.4, 0.5) is 0 Å². The molecule has 130 valence electrons. The molecule has 0 aromatic carbocycles. The molecule has 0 aromatic heterocycles. The van der Waals surface area contributed by atoms with Crippen molar-refractivity contribution in [1.29, 1.82) is 0 Å². The van der Waals surface area contributed by atoms with Crippen molar-refractivity contribution in [2.24, 2.45) is 0 Å². The first kappa shape index (κ1) is 22.1. The Labute approximate surface area is 148 Å². The Bertz CT molecular complexity index is 316. The van der Waals surface area contributed by atoms with E-state index in [-0.39, 0.29) is 0 Å². The first-order valence-electron chi connectivity index (χ1n) is 8.87. The van der Waals surface area contributed by atoms with Crippen LogP contribution in [0.1, 0.15) is 72.1 Å². The first-order valence-corrected chi connectivity index (χ1v) is 12.7. The Hall–Kier alpha value is 0.137. The number of hydrogen-bond donors (Lipinski definition) is 0. The average molecular weight is 389 g/mol. The molecule has 0 bridgehead atoms. The van der Waals surface area contributed by atoms with Crippen LogP contribution in [0.15, 0.2) is 23.2 Å². The highest BCUT2D eigenvalue weighted by molar-refractivity contribution is 9.11. The molecule has 0 radical (unpaired) electrons. The highest BCUT2D eigenvalue weighted by Gasteiger charge is 2.36. The summed E-state index contributed by atoms with van der Waals surface area (Å²) in [5.41, 5.74) is 0. The van der Waals surface area contributed by atoms with Crippen LogP contribution >= 0.6 is 15.9 Å². The number of allylic oxidation sites excluding steroid dienone is 3. The summed E-state index contributed by atoms with van der Waals surface area (Å²) in [5, 5.41) is 0.339. The van der Waals surface area contributed by atoms with E-state index in [4.69, 9.17) is 4.43 Å². The minimum atomic E-state index is -1.52. The Morgan fingerprint density at radius 1 is 0.864 bits per heavy atom. The Morgan fingerprint density at radius 3 is 1.95 bits per heavy atom. The lowest BCUT2D eigenvalue weighted by molar-refractivity contribution is 0.277. The zero-order valence-corrected chi connectivity index (χ0v) is 18.0. The van der Waals surface area contributed by atoms with Gasteiger partial charge in [-0.3, -0.25) is 0 Å². The molecular weight excluding hydrogens is 352 g/mol. The van der Waals surface area contributed by atoms with Gasteiger partial charge in [-0.1, -0.05) is 87.0 Å². The largest absolute Gasteiger partial charge is 0.417 e. The lowest BCUT2D eigenvalue weighted by Gasteiger charge is -2.36. The predicted molar refractivity (Wildman–Crippen MR) is 107 cm³/mol. The van der Waals surface area contributed by atoms with Gasteiger partial charge in [-0.05, 0) is 42.4 Å². The van der Waals surface area contributed by atoms with Crippen molar-refractivity contribution in [1.82, 2.24) is 0 Å². The van der Waals surface area contributed by atoms with Gasteiger partial charge in [-0.15, -0.1) is 0 Å². The van der Waals surface area contributed by atoms with Crippen molar-refractivity contribution in [2.75, 3.05) is 6.61 Å². The lowest BCUT2D eigenvalue weighted by atomic mass is 10.1. The summed E-state index contributed by atoms with van der Waals surface area (Å²) in [6, 6.07) is 0. The molecule has 0 rings (SSSR count). The molecule has 0 aromatic rings. The summed E-state index contributed by atoms with van der Waals surface area (Å²) >= 11 is 3.26.